The topological polar surface area (TPSA) is 20.3 Å². The lowest BCUT2D eigenvalue weighted by molar-refractivity contribution is -0.139. The summed E-state index contributed by atoms with van der Waals surface area (Å²) in [5.41, 5.74) is 0.566. The lowest BCUT2D eigenvalue weighted by Gasteiger charge is -2.63. The van der Waals surface area contributed by atoms with Crippen molar-refractivity contribution in [2.45, 2.75) is 63.5 Å². The second-order valence-electron chi connectivity index (χ2n) is 5.85. The summed E-state index contributed by atoms with van der Waals surface area (Å²) in [5, 5.41) is 0. The van der Waals surface area contributed by atoms with E-state index in [2.05, 4.69) is 11.8 Å². The molecule has 2 aliphatic carbocycles. The maximum absolute atomic E-state index is 11.6. The van der Waals surface area contributed by atoms with Crippen LogP contribution in [0.3, 0.4) is 0 Å². The Morgan fingerprint density at radius 3 is 2.67 bits per heavy atom. The van der Waals surface area contributed by atoms with Crippen molar-refractivity contribution in [2.24, 2.45) is 5.92 Å². The van der Waals surface area contributed by atoms with Crippen LogP contribution in [-0.2, 0) is 4.79 Å². The lowest BCUT2D eigenvalue weighted by Crippen LogP contribution is -2.68. The molecule has 0 aromatic carbocycles. The number of ketones is 1. The first kappa shape index (κ1) is 9.83. The second-order valence-corrected chi connectivity index (χ2v) is 5.85. The van der Waals surface area contributed by atoms with Gasteiger partial charge in [0.2, 0.25) is 0 Å². The first-order chi connectivity index (χ1) is 7.21. The molecular formula is C13H21NO. The highest BCUT2D eigenvalue weighted by atomic mass is 16.1. The minimum absolute atomic E-state index is 0.500. The largest absolute Gasteiger partial charge is 0.300 e. The molecular weight excluding hydrogens is 186 g/mol. The first-order valence-corrected chi connectivity index (χ1v) is 6.50. The molecule has 1 aliphatic heterocycles. The molecule has 84 valence electrons. The van der Waals surface area contributed by atoms with Gasteiger partial charge in [-0.05, 0) is 38.0 Å². The third kappa shape index (κ3) is 1.37. The Bertz CT molecular complexity index is 277. The molecule has 2 unspecified atom stereocenters. The molecule has 3 rings (SSSR count). The van der Waals surface area contributed by atoms with Crippen LogP contribution in [0.4, 0.5) is 0 Å². The van der Waals surface area contributed by atoms with Gasteiger partial charge in [-0.2, -0.15) is 0 Å². The summed E-state index contributed by atoms with van der Waals surface area (Å²) in [7, 11) is 0. The average molecular weight is 207 g/mol. The molecule has 0 amide bonds. The van der Waals surface area contributed by atoms with E-state index in [1.807, 2.05) is 0 Å². The third-order valence-electron chi connectivity index (χ3n) is 5.08. The summed E-state index contributed by atoms with van der Waals surface area (Å²) < 4.78 is 0. The van der Waals surface area contributed by atoms with Crippen LogP contribution in [0, 0.1) is 5.92 Å². The number of hydrogen-bond acceptors (Lipinski definition) is 2. The van der Waals surface area contributed by atoms with E-state index in [1.54, 1.807) is 0 Å². The molecule has 0 bridgehead atoms. The van der Waals surface area contributed by atoms with Crippen LogP contribution < -0.4 is 0 Å². The summed E-state index contributed by atoms with van der Waals surface area (Å²) >= 11 is 0. The fraction of sp³-hybridized carbons (Fsp3) is 0.923. The third-order valence-corrected chi connectivity index (χ3v) is 5.08. The Kier molecular flexibility index (Phi) is 2.17. The quantitative estimate of drug-likeness (QED) is 0.658. The highest BCUT2D eigenvalue weighted by Crippen LogP contribution is 2.50. The number of hydrogen-bond donors (Lipinski definition) is 0. The van der Waals surface area contributed by atoms with Gasteiger partial charge in [-0.3, -0.25) is 9.69 Å². The monoisotopic (exact) mass is 207 g/mol. The van der Waals surface area contributed by atoms with Crippen molar-refractivity contribution in [1.82, 2.24) is 4.90 Å². The Morgan fingerprint density at radius 2 is 2.13 bits per heavy atom. The van der Waals surface area contributed by atoms with Gasteiger partial charge in [0.1, 0.15) is 5.78 Å². The molecule has 2 heteroatoms. The lowest BCUT2D eigenvalue weighted by atomic mass is 9.65. The van der Waals surface area contributed by atoms with Gasteiger partial charge < -0.3 is 0 Å². The van der Waals surface area contributed by atoms with Gasteiger partial charge in [-0.25, -0.2) is 0 Å². The van der Waals surface area contributed by atoms with Crippen LogP contribution in [0.2, 0.25) is 0 Å². The number of nitrogens with zero attached hydrogens (tertiary/aromatic N) is 1. The first-order valence-electron chi connectivity index (χ1n) is 6.50. The van der Waals surface area contributed by atoms with Gasteiger partial charge in [-0.1, -0.05) is 6.92 Å². The van der Waals surface area contributed by atoms with Crippen LogP contribution in [0.1, 0.15) is 51.9 Å². The van der Waals surface area contributed by atoms with Gasteiger partial charge in [0.25, 0.3) is 0 Å². The van der Waals surface area contributed by atoms with E-state index in [9.17, 15) is 4.79 Å². The van der Waals surface area contributed by atoms with Crippen molar-refractivity contribution in [1.29, 1.82) is 0 Å². The van der Waals surface area contributed by atoms with E-state index in [0.29, 0.717) is 17.4 Å². The molecule has 2 nitrogen and oxygen atoms in total. The molecule has 3 fully saturated rings. The zero-order chi connectivity index (χ0) is 10.5. The normalized spacial score (nSPS) is 39.9. The van der Waals surface area contributed by atoms with Crippen molar-refractivity contribution in [3.63, 3.8) is 0 Å². The number of likely N-dealkylation sites (tertiary alicyclic amines) is 1. The smallest absolute Gasteiger partial charge is 0.134 e. The molecule has 0 N–H and O–H groups in total. The van der Waals surface area contributed by atoms with Crippen molar-refractivity contribution in [3.8, 4) is 0 Å². The SMILES string of the molecule is CC1CCC(=O)CC1N1CCC12CCC2. The molecule has 3 aliphatic rings. The molecule has 2 saturated carbocycles. The summed E-state index contributed by atoms with van der Waals surface area (Å²) in [6.07, 6.45) is 8.38. The molecule has 0 aromatic rings. The number of Topliss-reactive ketones (excluding diaryl/α,β-unsaturated/α-hetero) is 1. The summed E-state index contributed by atoms with van der Waals surface area (Å²) in [4.78, 5) is 14.2. The minimum Gasteiger partial charge on any atom is -0.300 e. The molecule has 0 aromatic heterocycles. The fourth-order valence-corrected chi connectivity index (χ4v) is 3.73. The predicted molar refractivity (Wildman–Crippen MR) is 59.7 cm³/mol. The van der Waals surface area contributed by atoms with Gasteiger partial charge >= 0.3 is 0 Å². The highest BCUT2D eigenvalue weighted by Gasteiger charge is 2.52. The zero-order valence-corrected chi connectivity index (χ0v) is 9.67. The summed E-state index contributed by atoms with van der Waals surface area (Å²) in [6, 6.07) is 0.584. The van der Waals surface area contributed by atoms with Gasteiger partial charge in [-0.15, -0.1) is 0 Å². The Hall–Kier alpha value is -0.370. The molecule has 2 atom stereocenters. The van der Waals surface area contributed by atoms with E-state index in [-0.39, 0.29) is 0 Å². The van der Waals surface area contributed by atoms with Crippen molar-refractivity contribution < 1.29 is 4.79 Å². The van der Waals surface area contributed by atoms with E-state index in [0.717, 1.165) is 25.2 Å². The summed E-state index contributed by atoms with van der Waals surface area (Å²) in [6.45, 7) is 3.59. The molecule has 0 radical (unpaired) electrons. The van der Waals surface area contributed by atoms with Gasteiger partial charge in [0, 0.05) is 31.0 Å². The van der Waals surface area contributed by atoms with E-state index in [4.69, 9.17) is 0 Å². The number of carbonyl (C=O) groups is 1. The predicted octanol–water partition coefficient (Wildman–Crippen LogP) is 2.37. The van der Waals surface area contributed by atoms with E-state index >= 15 is 0 Å². The van der Waals surface area contributed by atoms with Crippen LogP contribution in [0.5, 0.6) is 0 Å². The van der Waals surface area contributed by atoms with Crippen LogP contribution in [-0.4, -0.2) is 28.8 Å². The maximum Gasteiger partial charge on any atom is 0.134 e. The number of carbonyl (C=O) groups excluding carboxylic acids is 1. The molecule has 1 saturated heterocycles. The van der Waals surface area contributed by atoms with Gasteiger partial charge in [0.05, 0.1) is 0 Å². The highest BCUT2D eigenvalue weighted by molar-refractivity contribution is 5.79. The molecule has 15 heavy (non-hydrogen) atoms. The average Bonchev–Trinajstić information content (AvgIpc) is 2.07. The molecule has 1 spiro atoms. The van der Waals surface area contributed by atoms with Crippen molar-refractivity contribution >= 4 is 5.78 Å². The zero-order valence-electron chi connectivity index (χ0n) is 9.67. The van der Waals surface area contributed by atoms with Crippen LogP contribution >= 0.6 is 0 Å². The second kappa shape index (κ2) is 3.31. The Morgan fingerprint density at radius 1 is 1.33 bits per heavy atom. The minimum atomic E-state index is 0.500. The Balaban J connectivity index is 1.72. The van der Waals surface area contributed by atoms with Crippen LogP contribution in [0.15, 0.2) is 0 Å². The Labute approximate surface area is 92.0 Å². The maximum atomic E-state index is 11.6. The van der Waals surface area contributed by atoms with Gasteiger partial charge in [0.15, 0.2) is 0 Å². The number of rotatable bonds is 1. The standard InChI is InChI=1S/C13H21NO/c1-10-3-4-11(15)9-12(10)14-8-7-13(14)5-2-6-13/h10,12H,2-9H2,1H3. The van der Waals surface area contributed by atoms with Crippen LogP contribution in [0.25, 0.3) is 0 Å². The van der Waals surface area contributed by atoms with Crippen molar-refractivity contribution in [2.75, 3.05) is 6.54 Å². The van der Waals surface area contributed by atoms with Crippen molar-refractivity contribution in [3.05, 3.63) is 0 Å². The summed E-state index contributed by atoms with van der Waals surface area (Å²) in [5.74, 6) is 1.24. The van der Waals surface area contributed by atoms with E-state index in [1.165, 1.54) is 32.2 Å². The molecule has 1 heterocycles. The fourth-order valence-electron chi connectivity index (χ4n) is 3.73. The van der Waals surface area contributed by atoms with E-state index < -0.39 is 0 Å².